The number of hydrogen-bond acceptors (Lipinski definition) is 3. The van der Waals surface area contributed by atoms with Crippen LogP contribution in [0, 0.1) is 13.8 Å². The minimum atomic E-state index is 0.288. The molecule has 0 aromatic heterocycles. The van der Waals surface area contributed by atoms with Crippen LogP contribution in [0.3, 0.4) is 0 Å². The summed E-state index contributed by atoms with van der Waals surface area (Å²) in [6.07, 6.45) is 3.17. The van der Waals surface area contributed by atoms with Gasteiger partial charge in [-0.2, -0.15) is 0 Å². The van der Waals surface area contributed by atoms with Crippen molar-refractivity contribution in [2.45, 2.75) is 53.0 Å². The first-order valence-corrected chi connectivity index (χ1v) is 8.10. The summed E-state index contributed by atoms with van der Waals surface area (Å²) in [4.78, 5) is 0. The maximum absolute atomic E-state index is 5.66. The van der Waals surface area contributed by atoms with Crippen molar-refractivity contribution < 1.29 is 9.47 Å². The van der Waals surface area contributed by atoms with Gasteiger partial charge in [-0.3, -0.25) is 0 Å². The van der Waals surface area contributed by atoms with Crippen LogP contribution in [-0.4, -0.2) is 26.9 Å². The maximum Gasteiger partial charge on any atom is 0.126 e. The Balaban J connectivity index is 2.88. The van der Waals surface area contributed by atoms with Crippen molar-refractivity contribution in [3.63, 3.8) is 0 Å². The smallest absolute Gasteiger partial charge is 0.126 e. The quantitative estimate of drug-likeness (QED) is 0.657. The fourth-order valence-corrected chi connectivity index (χ4v) is 2.49. The van der Waals surface area contributed by atoms with Gasteiger partial charge in [0.15, 0.2) is 0 Å². The van der Waals surface area contributed by atoms with Crippen LogP contribution in [0.15, 0.2) is 12.1 Å². The lowest BCUT2D eigenvalue weighted by Gasteiger charge is -2.23. The van der Waals surface area contributed by atoms with Crippen LogP contribution in [0.2, 0.25) is 0 Å². The molecule has 3 heteroatoms. The molecule has 21 heavy (non-hydrogen) atoms. The average molecular weight is 293 g/mol. The van der Waals surface area contributed by atoms with E-state index in [4.69, 9.17) is 9.47 Å². The summed E-state index contributed by atoms with van der Waals surface area (Å²) >= 11 is 0. The first-order valence-electron chi connectivity index (χ1n) is 8.10. The van der Waals surface area contributed by atoms with Crippen LogP contribution in [0.1, 0.15) is 55.8 Å². The Morgan fingerprint density at radius 1 is 1.10 bits per heavy atom. The molecular weight excluding hydrogens is 262 g/mol. The number of methoxy groups -OCH3 is 1. The Bertz CT molecular complexity index is 418. The van der Waals surface area contributed by atoms with Gasteiger partial charge in [0.25, 0.3) is 0 Å². The molecule has 0 heterocycles. The zero-order valence-corrected chi connectivity index (χ0v) is 14.3. The molecule has 0 aliphatic rings. The fourth-order valence-electron chi connectivity index (χ4n) is 2.49. The number of ether oxygens (including phenoxy) is 2. The van der Waals surface area contributed by atoms with Gasteiger partial charge in [0, 0.05) is 24.8 Å². The normalized spacial score (nSPS) is 12.4. The van der Waals surface area contributed by atoms with Gasteiger partial charge in [-0.15, -0.1) is 0 Å². The maximum atomic E-state index is 5.66. The molecule has 0 saturated carbocycles. The van der Waals surface area contributed by atoms with Gasteiger partial charge in [-0.25, -0.2) is 0 Å². The van der Waals surface area contributed by atoms with E-state index in [2.05, 4.69) is 45.1 Å². The second-order valence-corrected chi connectivity index (χ2v) is 5.54. The van der Waals surface area contributed by atoms with Crippen LogP contribution < -0.4 is 10.1 Å². The third-order valence-electron chi connectivity index (χ3n) is 3.83. The van der Waals surface area contributed by atoms with Crippen molar-refractivity contribution in [2.24, 2.45) is 0 Å². The predicted octanol–water partition coefficient (Wildman–Crippen LogP) is 4.17. The molecular formula is C18H31NO2. The van der Waals surface area contributed by atoms with E-state index in [1.54, 1.807) is 7.11 Å². The molecule has 120 valence electrons. The third kappa shape index (κ3) is 5.33. The van der Waals surface area contributed by atoms with Crippen molar-refractivity contribution >= 4 is 0 Å². The zero-order chi connectivity index (χ0) is 15.7. The van der Waals surface area contributed by atoms with Crippen molar-refractivity contribution in [3.05, 3.63) is 28.8 Å². The second kappa shape index (κ2) is 9.80. The highest BCUT2D eigenvalue weighted by Crippen LogP contribution is 2.32. The van der Waals surface area contributed by atoms with Gasteiger partial charge in [0.1, 0.15) is 5.75 Å². The summed E-state index contributed by atoms with van der Waals surface area (Å²) < 4.78 is 11.3. The zero-order valence-electron chi connectivity index (χ0n) is 14.3. The van der Waals surface area contributed by atoms with Gasteiger partial charge in [-0.05, 0) is 50.8 Å². The van der Waals surface area contributed by atoms with Gasteiger partial charge in [-0.1, -0.05) is 26.0 Å². The van der Waals surface area contributed by atoms with E-state index in [1.807, 2.05) is 0 Å². The summed E-state index contributed by atoms with van der Waals surface area (Å²) in [5.74, 6) is 1.01. The van der Waals surface area contributed by atoms with E-state index in [0.717, 1.165) is 44.8 Å². The monoisotopic (exact) mass is 293 g/mol. The van der Waals surface area contributed by atoms with E-state index >= 15 is 0 Å². The van der Waals surface area contributed by atoms with E-state index in [0.29, 0.717) is 0 Å². The number of aryl methyl sites for hydroxylation is 1. The molecule has 0 bridgehead atoms. The number of nitrogens with one attached hydrogen (secondary N) is 1. The van der Waals surface area contributed by atoms with Crippen molar-refractivity contribution in [2.75, 3.05) is 26.9 Å². The second-order valence-electron chi connectivity index (χ2n) is 5.54. The van der Waals surface area contributed by atoms with Gasteiger partial charge < -0.3 is 14.8 Å². The molecule has 1 unspecified atom stereocenters. The molecule has 3 nitrogen and oxygen atoms in total. The van der Waals surface area contributed by atoms with Gasteiger partial charge in [0.2, 0.25) is 0 Å². The van der Waals surface area contributed by atoms with Crippen LogP contribution in [-0.2, 0) is 4.74 Å². The molecule has 0 amide bonds. The summed E-state index contributed by atoms with van der Waals surface area (Å²) in [6, 6.07) is 4.66. The molecule has 0 fully saturated rings. The lowest BCUT2D eigenvalue weighted by molar-refractivity contribution is 0.124. The Labute approximate surface area is 130 Å². The van der Waals surface area contributed by atoms with Crippen LogP contribution >= 0.6 is 0 Å². The Morgan fingerprint density at radius 3 is 2.48 bits per heavy atom. The van der Waals surface area contributed by atoms with Crippen LogP contribution in [0.25, 0.3) is 0 Å². The fraction of sp³-hybridized carbons (Fsp3) is 0.667. The molecule has 0 aliphatic heterocycles. The van der Waals surface area contributed by atoms with E-state index < -0.39 is 0 Å². The topological polar surface area (TPSA) is 30.5 Å². The lowest BCUT2D eigenvalue weighted by Crippen LogP contribution is -2.24. The minimum absolute atomic E-state index is 0.288. The lowest BCUT2D eigenvalue weighted by atomic mass is 9.97. The third-order valence-corrected chi connectivity index (χ3v) is 3.83. The molecule has 1 rings (SSSR count). The summed E-state index contributed by atoms with van der Waals surface area (Å²) in [5, 5.41) is 3.62. The summed E-state index contributed by atoms with van der Waals surface area (Å²) in [6.45, 7) is 11.2. The Hall–Kier alpha value is -1.06. The van der Waals surface area contributed by atoms with Crippen LogP contribution in [0.4, 0.5) is 0 Å². The minimum Gasteiger partial charge on any atom is -0.496 e. The standard InChI is InChI=1S/C18H31NO2/c1-6-11-19-17(10-13-21-12-7-2)16-9-8-14(3)15(4)18(16)20-5/h8-9,17,19H,6-7,10-13H2,1-5H3. The van der Waals surface area contributed by atoms with E-state index in [9.17, 15) is 0 Å². The molecule has 1 atom stereocenters. The van der Waals surface area contributed by atoms with Gasteiger partial charge >= 0.3 is 0 Å². The van der Waals surface area contributed by atoms with Crippen molar-refractivity contribution in [1.82, 2.24) is 5.32 Å². The van der Waals surface area contributed by atoms with Crippen LogP contribution in [0.5, 0.6) is 5.75 Å². The summed E-state index contributed by atoms with van der Waals surface area (Å²) in [5.41, 5.74) is 3.74. The van der Waals surface area contributed by atoms with E-state index in [-0.39, 0.29) is 6.04 Å². The number of rotatable bonds is 10. The average Bonchev–Trinajstić information content (AvgIpc) is 2.49. The first-order chi connectivity index (χ1) is 10.2. The number of hydrogen-bond donors (Lipinski definition) is 1. The summed E-state index contributed by atoms with van der Waals surface area (Å²) in [7, 11) is 1.76. The molecule has 1 aromatic carbocycles. The van der Waals surface area contributed by atoms with Gasteiger partial charge in [0.05, 0.1) is 7.11 Å². The molecule has 0 spiro atoms. The van der Waals surface area contributed by atoms with Crippen molar-refractivity contribution in [1.29, 1.82) is 0 Å². The highest BCUT2D eigenvalue weighted by molar-refractivity contribution is 5.46. The molecule has 1 N–H and O–H groups in total. The highest BCUT2D eigenvalue weighted by atomic mass is 16.5. The largest absolute Gasteiger partial charge is 0.496 e. The van der Waals surface area contributed by atoms with E-state index in [1.165, 1.54) is 16.7 Å². The molecule has 0 radical (unpaired) electrons. The Kier molecular flexibility index (Phi) is 8.40. The molecule has 1 aromatic rings. The van der Waals surface area contributed by atoms with Crippen molar-refractivity contribution in [3.8, 4) is 5.75 Å². The number of benzene rings is 1. The molecule has 0 aliphatic carbocycles. The molecule has 0 saturated heterocycles. The SMILES string of the molecule is CCCNC(CCOCCC)c1ccc(C)c(C)c1OC. The Morgan fingerprint density at radius 2 is 1.86 bits per heavy atom. The highest BCUT2D eigenvalue weighted by Gasteiger charge is 2.17. The predicted molar refractivity (Wildman–Crippen MR) is 89.2 cm³/mol. The first kappa shape index (κ1) is 18.0.